The number of anilines is 1. The average Bonchev–Trinajstić information content (AvgIpc) is 3.88. The van der Waals surface area contributed by atoms with Gasteiger partial charge in [0.1, 0.15) is 42.6 Å². The van der Waals surface area contributed by atoms with Crippen molar-refractivity contribution in [3.63, 3.8) is 0 Å². The molecule has 0 spiro atoms. The number of β-amino-alcohol motifs (C(OH)–C–C–N with tert-alkyl or cyclic N) is 1. The number of thiazole rings is 1. The van der Waals surface area contributed by atoms with Gasteiger partial charge < -0.3 is 49.6 Å². The van der Waals surface area contributed by atoms with E-state index in [2.05, 4.69) is 25.9 Å². The zero-order valence-corrected chi connectivity index (χ0v) is 45.4. The van der Waals surface area contributed by atoms with E-state index in [0.717, 1.165) is 58.3 Å². The zero-order valence-electron chi connectivity index (χ0n) is 44.6. The number of halogens is 2. The summed E-state index contributed by atoms with van der Waals surface area (Å²) in [6.07, 6.45) is 4.78. The molecule has 19 heteroatoms. The van der Waals surface area contributed by atoms with Gasteiger partial charge in [-0.15, -0.1) is 11.3 Å². The molecular formula is C58H72F2N6O10S. The third-order valence-corrected chi connectivity index (χ3v) is 15.8. The van der Waals surface area contributed by atoms with E-state index in [-0.39, 0.29) is 69.1 Å². The topological polar surface area (TPSA) is 200 Å². The molecule has 2 aliphatic carbocycles. The molecule has 4 N–H and O–H groups in total. The van der Waals surface area contributed by atoms with Crippen LogP contribution in [0.25, 0.3) is 21.3 Å². The summed E-state index contributed by atoms with van der Waals surface area (Å²) >= 11 is 1.50. The summed E-state index contributed by atoms with van der Waals surface area (Å²) in [6.45, 7) is 11.8. The highest BCUT2D eigenvalue weighted by molar-refractivity contribution is 7.13. The van der Waals surface area contributed by atoms with Gasteiger partial charge in [-0.1, -0.05) is 39.8 Å². The van der Waals surface area contributed by atoms with Crippen molar-refractivity contribution >= 4 is 51.6 Å². The Hall–Kier alpha value is -6.12. The first kappa shape index (κ1) is 57.1. The Bertz CT molecular complexity index is 2820. The van der Waals surface area contributed by atoms with E-state index in [1.54, 1.807) is 44.6 Å². The zero-order chi connectivity index (χ0) is 54.7. The molecule has 77 heavy (non-hydrogen) atoms. The molecule has 4 amide bonds. The largest absolute Gasteiger partial charge is 0.491 e. The summed E-state index contributed by atoms with van der Waals surface area (Å²) in [6, 6.07) is 17.6. The molecule has 0 radical (unpaired) electrons. The number of fused-ring (bicyclic) bond motifs is 1. The van der Waals surface area contributed by atoms with E-state index >= 15 is 0 Å². The number of pyridine rings is 1. The lowest BCUT2D eigenvalue weighted by atomic mass is 9.73. The number of alkyl halides is 1. The Morgan fingerprint density at radius 2 is 1.53 bits per heavy atom. The number of aryl methyl sites for hydroxylation is 1. The summed E-state index contributed by atoms with van der Waals surface area (Å²) in [5.41, 5.74) is 4.09. The van der Waals surface area contributed by atoms with Gasteiger partial charge in [0.25, 0.3) is 5.91 Å². The van der Waals surface area contributed by atoms with Crippen LogP contribution in [0.1, 0.15) is 95.4 Å². The first-order valence-corrected chi connectivity index (χ1v) is 27.6. The van der Waals surface area contributed by atoms with Gasteiger partial charge >= 0.3 is 0 Å². The van der Waals surface area contributed by atoms with Crippen molar-refractivity contribution in [1.29, 1.82) is 0 Å². The Morgan fingerprint density at radius 3 is 2.18 bits per heavy atom. The van der Waals surface area contributed by atoms with Crippen molar-refractivity contribution in [1.82, 2.24) is 25.5 Å². The molecule has 414 valence electrons. The Morgan fingerprint density at radius 1 is 0.857 bits per heavy atom. The highest BCUT2D eigenvalue weighted by Gasteiger charge is 2.53. The first-order valence-electron chi connectivity index (χ1n) is 26.7. The number of nitrogens with one attached hydrogen (secondary N) is 3. The second-order valence-corrected chi connectivity index (χ2v) is 22.3. The number of ether oxygens (including phenoxy) is 5. The Labute approximate surface area is 453 Å². The SMILES string of the molecule is Cc1ncsc1-c1ccc(CNC(=O)[C@@H]2C[C@@H](O)CN2C(=O)[C@@H](NC(=O)C2(F)CC2)C(C)(C)C)c(OCCOCCOCCOCCOc2ccc(NC(=O)[C@H](C)[C@H]3CC[C@@H](c4ccnc5ccc(F)cc54)CC3)cc2)c1. The number of rotatable bonds is 25. The monoisotopic (exact) mass is 1080 g/mol. The normalized spacial score (nSPS) is 19.8. The smallest absolute Gasteiger partial charge is 0.258 e. The van der Waals surface area contributed by atoms with Gasteiger partial charge in [-0.05, 0) is 128 Å². The fourth-order valence-corrected chi connectivity index (χ4v) is 10.9. The van der Waals surface area contributed by atoms with E-state index in [1.807, 2.05) is 62.4 Å². The minimum Gasteiger partial charge on any atom is -0.491 e. The molecule has 8 rings (SSSR count). The summed E-state index contributed by atoms with van der Waals surface area (Å²) < 4.78 is 57.9. The maximum atomic E-state index is 14.6. The molecule has 3 heterocycles. The number of aliphatic hydroxyl groups is 1. The summed E-state index contributed by atoms with van der Waals surface area (Å²) in [7, 11) is 0. The molecule has 0 bridgehead atoms. The predicted molar refractivity (Wildman–Crippen MR) is 289 cm³/mol. The van der Waals surface area contributed by atoms with E-state index in [1.165, 1.54) is 22.3 Å². The molecule has 2 saturated carbocycles. The number of carbonyl (C=O) groups excluding carboxylic acids is 4. The quantitative estimate of drug-likeness (QED) is 0.0407. The van der Waals surface area contributed by atoms with E-state index in [0.29, 0.717) is 68.3 Å². The van der Waals surface area contributed by atoms with Gasteiger partial charge in [-0.2, -0.15) is 0 Å². The minimum atomic E-state index is -1.98. The molecule has 16 nitrogen and oxygen atoms in total. The molecule has 1 saturated heterocycles. The van der Waals surface area contributed by atoms with Gasteiger partial charge in [0, 0.05) is 48.3 Å². The standard InChI is InChI=1S/C58H72F2N6O10S/c1-36(38-6-8-39(9-7-38)46-18-21-61-48-17-12-42(59)31-47(46)48)53(68)64-43-13-15-45(16-14-43)75-28-26-73-24-22-72-23-25-74-27-29-76-50-30-40(51-37(2)63-35-77-51)10-11-41(50)33-62-54(69)49-32-44(67)34-66(49)55(70)52(57(3,4)5)65-56(71)58(60)19-20-58/h10-18,21,30-31,35-36,38-39,44,49,52,67H,6-9,19-20,22-29,32-34H2,1-5H3,(H,62,69)(H,64,68)(H,65,71)/t36-,38-,39+,44-,49+,52-/m1/s1. The van der Waals surface area contributed by atoms with Crippen molar-refractivity contribution in [2.45, 2.75) is 116 Å². The third-order valence-electron chi connectivity index (χ3n) is 14.8. The van der Waals surface area contributed by atoms with Crippen LogP contribution in [0.4, 0.5) is 14.5 Å². The molecule has 3 aliphatic rings. The van der Waals surface area contributed by atoms with Crippen molar-refractivity contribution in [2.24, 2.45) is 17.3 Å². The van der Waals surface area contributed by atoms with E-state index in [4.69, 9.17) is 23.7 Å². The highest BCUT2D eigenvalue weighted by Crippen LogP contribution is 2.42. The van der Waals surface area contributed by atoms with Crippen LogP contribution >= 0.6 is 11.3 Å². The Balaban J connectivity index is 0.698. The number of carbonyl (C=O) groups is 4. The average molecular weight is 1080 g/mol. The van der Waals surface area contributed by atoms with Crippen LogP contribution in [-0.4, -0.2) is 127 Å². The van der Waals surface area contributed by atoms with Gasteiger partial charge in [0.15, 0.2) is 5.67 Å². The summed E-state index contributed by atoms with van der Waals surface area (Å²) in [5, 5.41) is 20.1. The Kier molecular flexibility index (Phi) is 19.3. The van der Waals surface area contributed by atoms with Crippen LogP contribution < -0.4 is 25.4 Å². The lowest BCUT2D eigenvalue weighted by molar-refractivity contribution is -0.145. The van der Waals surface area contributed by atoms with Crippen molar-refractivity contribution in [2.75, 3.05) is 64.7 Å². The summed E-state index contributed by atoms with van der Waals surface area (Å²) in [5.74, 6) is -0.523. The highest BCUT2D eigenvalue weighted by atomic mass is 32.1. The lowest BCUT2D eigenvalue weighted by Gasteiger charge is -2.35. The van der Waals surface area contributed by atoms with Gasteiger partial charge in [0.2, 0.25) is 17.7 Å². The third kappa shape index (κ3) is 15.1. The van der Waals surface area contributed by atoms with Crippen molar-refractivity contribution in [3.8, 4) is 21.9 Å². The fourth-order valence-electron chi connectivity index (χ4n) is 10.1. The molecule has 3 aromatic carbocycles. The van der Waals surface area contributed by atoms with Crippen LogP contribution in [0.3, 0.4) is 0 Å². The fraction of sp³-hybridized carbons (Fsp3) is 0.517. The first-order chi connectivity index (χ1) is 37.0. The molecule has 1 aliphatic heterocycles. The molecule has 5 aromatic rings. The molecular weight excluding hydrogens is 1010 g/mol. The number of hydrogen-bond acceptors (Lipinski definition) is 13. The van der Waals surface area contributed by atoms with Crippen LogP contribution in [0.5, 0.6) is 11.5 Å². The van der Waals surface area contributed by atoms with Crippen molar-refractivity contribution < 1.29 is 56.7 Å². The number of amides is 4. The minimum absolute atomic E-state index is 0.00958. The molecule has 4 atom stereocenters. The van der Waals surface area contributed by atoms with Crippen LogP contribution in [-0.2, 0) is 39.9 Å². The number of hydrogen-bond donors (Lipinski definition) is 4. The van der Waals surface area contributed by atoms with Gasteiger partial charge in [-0.3, -0.25) is 24.2 Å². The number of benzene rings is 3. The van der Waals surface area contributed by atoms with Crippen LogP contribution in [0.2, 0.25) is 0 Å². The second kappa shape index (κ2) is 26.0. The number of aromatic nitrogens is 2. The predicted octanol–water partition coefficient (Wildman–Crippen LogP) is 8.47. The molecule has 0 unspecified atom stereocenters. The number of aliphatic hydroxyl groups excluding tert-OH is 1. The van der Waals surface area contributed by atoms with E-state index < -0.39 is 47.0 Å². The van der Waals surface area contributed by atoms with Gasteiger partial charge in [0.05, 0.1) is 67.3 Å². The van der Waals surface area contributed by atoms with Crippen molar-refractivity contribution in [3.05, 3.63) is 101 Å². The maximum absolute atomic E-state index is 14.6. The molecule has 2 aromatic heterocycles. The maximum Gasteiger partial charge on any atom is 0.258 e. The molecule has 3 fully saturated rings. The van der Waals surface area contributed by atoms with Crippen LogP contribution in [0.15, 0.2) is 78.4 Å². The number of nitrogens with zero attached hydrogens (tertiary/aromatic N) is 3. The van der Waals surface area contributed by atoms with Gasteiger partial charge in [-0.25, -0.2) is 13.8 Å². The van der Waals surface area contributed by atoms with Crippen LogP contribution in [0, 0.1) is 30.0 Å². The number of likely N-dealkylation sites (tertiary alicyclic amines) is 1. The summed E-state index contributed by atoms with van der Waals surface area (Å²) in [4.78, 5) is 64.6. The lowest BCUT2D eigenvalue weighted by Crippen LogP contribution is -2.59. The van der Waals surface area contributed by atoms with E-state index in [9.17, 15) is 33.1 Å². The second-order valence-electron chi connectivity index (χ2n) is 21.5.